The lowest BCUT2D eigenvalue weighted by molar-refractivity contribution is -0.143. The number of nitrogens with two attached hydrogens (primary N) is 1. The van der Waals surface area contributed by atoms with Crippen LogP contribution in [0.4, 0.5) is 10.7 Å². The first-order chi connectivity index (χ1) is 19.9. The molecule has 13 heteroatoms. The third kappa shape index (κ3) is 12.1. The molecular weight excluding hydrogens is 574 g/mol. The molecule has 0 saturated heterocycles. The summed E-state index contributed by atoms with van der Waals surface area (Å²) in [4.78, 5) is 58.0. The Bertz CT molecular complexity index is 1340. The number of aryl methyl sites for hydroxylation is 2. The van der Waals surface area contributed by atoms with Gasteiger partial charge in [-0.2, -0.15) is 0 Å². The molecule has 43 heavy (non-hydrogen) atoms. The molecule has 0 aliphatic heterocycles. The molecule has 1 aromatic carbocycles. The van der Waals surface area contributed by atoms with Crippen LogP contribution in [0, 0.1) is 13.8 Å². The Hall–Kier alpha value is -3.87. The average molecular weight is 618 g/mol. The Morgan fingerprint density at radius 1 is 0.953 bits per heavy atom. The lowest BCUT2D eigenvalue weighted by Crippen LogP contribution is -2.45. The van der Waals surface area contributed by atoms with E-state index in [1.807, 2.05) is 40.7 Å². The van der Waals surface area contributed by atoms with Crippen molar-refractivity contribution in [2.45, 2.75) is 90.5 Å². The van der Waals surface area contributed by atoms with E-state index in [0.717, 1.165) is 16.7 Å². The van der Waals surface area contributed by atoms with Gasteiger partial charge in [-0.3, -0.25) is 4.79 Å². The summed E-state index contributed by atoms with van der Waals surface area (Å²) in [6.45, 7) is 14.5. The minimum absolute atomic E-state index is 0.0644. The molecule has 0 aliphatic rings. The smallest absolute Gasteiger partial charge is 0.408 e. The van der Waals surface area contributed by atoms with Gasteiger partial charge < -0.3 is 30.6 Å². The number of nitrogens with one attached hydrogen (secondary N) is 2. The van der Waals surface area contributed by atoms with Crippen LogP contribution in [0.15, 0.2) is 23.2 Å². The van der Waals surface area contributed by atoms with Crippen molar-refractivity contribution in [3.05, 3.63) is 34.9 Å². The quantitative estimate of drug-likeness (QED) is 0.142. The Balaban J connectivity index is 2.00. The fraction of sp³-hybridized carbons (Fsp3) is 0.533. The third-order valence-electron chi connectivity index (χ3n) is 5.70. The van der Waals surface area contributed by atoms with E-state index in [1.54, 1.807) is 32.9 Å². The highest BCUT2D eigenvalue weighted by atomic mass is 32.2. The van der Waals surface area contributed by atoms with Gasteiger partial charge >= 0.3 is 18.0 Å². The number of alkyl carbamates (subject to hydrolysis) is 1. The summed E-state index contributed by atoms with van der Waals surface area (Å²) in [5, 5.41) is 5.78. The number of nitrogen functional groups attached to an aromatic ring is 1. The van der Waals surface area contributed by atoms with Crippen molar-refractivity contribution in [3.8, 4) is 11.3 Å². The molecule has 0 bridgehead atoms. The zero-order chi connectivity index (χ0) is 32.5. The Morgan fingerprint density at radius 3 is 2.21 bits per heavy atom. The summed E-state index contributed by atoms with van der Waals surface area (Å²) in [5.41, 5.74) is 8.05. The van der Waals surface area contributed by atoms with E-state index in [2.05, 4.69) is 20.6 Å². The molecule has 2 rings (SSSR count). The zero-order valence-corrected chi connectivity index (χ0v) is 27.2. The normalized spacial score (nSPS) is 12.2. The van der Waals surface area contributed by atoms with Crippen LogP contribution in [-0.2, 0) is 23.8 Å². The second kappa shape index (κ2) is 15.0. The molecule has 0 saturated carbocycles. The van der Waals surface area contributed by atoms with Crippen LogP contribution in [0.5, 0.6) is 0 Å². The van der Waals surface area contributed by atoms with Crippen LogP contribution >= 0.6 is 11.8 Å². The van der Waals surface area contributed by atoms with Crippen molar-refractivity contribution in [3.63, 3.8) is 0 Å². The van der Waals surface area contributed by atoms with Gasteiger partial charge in [-0.05, 0) is 85.1 Å². The summed E-state index contributed by atoms with van der Waals surface area (Å²) in [7, 11) is 1.22. The van der Waals surface area contributed by atoms with Crippen molar-refractivity contribution in [2.24, 2.45) is 0 Å². The third-order valence-corrected chi connectivity index (χ3v) is 6.61. The molecule has 1 heterocycles. The van der Waals surface area contributed by atoms with Gasteiger partial charge in [0.15, 0.2) is 0 Å². The Kier molecular flexibility index (Phi) is 12.4. The first-order valence-electron chi connectivity index (χ1n) is 13.8. The molecule has 0 radical (unpaired) electrons. The van der Waals surface area contributed by atoms with Crippen molar-refractivity contribution in [1.82, 2.24) is 20.6 Å². The number of ether oxygens (including phenoxy) is 3. The number of thioether (sulfide) groups is 1. The number of methoxy groups -OCH3 is 1. The highest BCUT2D eigenvalue weighted by molar-refractivity contribution is 7.99. The fourth-order valence-corrected chi connectivity index (χ4v) is 4.72. The Morgan fingerprint density at radius 2 is 1.60 bits per heavy atom. The van der Waals surface area contributed by atoms with Crippen LogP contribution in [0.2, 0.25) is 0 Å². The molecule has 0 fully saturated rings. The van der Waals surface area contributed by atoms with E-state index < -0.39 is 35.3 Å². The number of rotatable bonds is 11. The predicted molar refractivity (Wildman–Crippen MR) is 165 cm³/mol. The molecule has 0 unspecified atom stereocenters. The number of nitrogens with zero attached hydrogens (tertiary/aromatic N) is 2. The molecule has 12 nitrogen and oxygen atoms in total. The SMILES string of the molecule is COC(=O)[C@H](CCNC(=O)CCSc1cc(-c2cc(C(=O)OC(C)(C)C)c(C)cc2C)nc(N)n1)NC(=O)OC(C)(C)C. The van der Waals surface area contributed by atoms with E-state index in [1.165, 1.54) is 18.9 Å². The second-order valence-corrected chi connectivity index (χ2v) is 13.0. The molecule has 1 atom stereocenters. The van der Waals surface area contributed by atoms with Crippen LogP contribution in [-0.4, -0.2) is 70.6 Å². The number of carbonyl (C=O) groups is 4. The first kappa shape index (κ1) is 35.3. The van der Waals surface area contributed by atoms with Gasteiger partial charge in [0.2, 0.25) is 11.9 Å². The maximum atomic E-state index is 12.8. The number of carbonyl (C=O) groups excluding carboxylic acids is 4. The van der Waals surface area contributed by atoms with Gasteiger partial charge in [0.25, 0.3) is 0 Å². The molecular formula is C30H43N5O7S. The van der Waals surface area contributed by atoms with E-state index in [4.69, 9.17) is 19.9 Å². The highest BCUT2D eigenvalue weighted by Gasteiger charge is 2.25. The maximum Gasteiger partial charge on any atom is 0.408 e. The number of esters is 2. The summed E-state index contributed by atoms with van der Waals surface area (Å²) in [6, 6.07) is 4.44. The van der Waals surface area contributed by atoms with E-state index in [0.29, 0.717) is 22.0 Å². The number of anilines is 1. The van der Waals surface area contributed by atoms with E-state index in [9.17, 15) is 19.2 Å². The molecule has 4 N–H and O–H groups in total. The number of aromatic nitrogens is 2. The number of hydrogen-bond donors (Lipinski definition) is 3. The minimum Gasteiger partial charge on any atom is -0.467 e. The van der Waals surface area contributed by atoms with Crippen LogP contribution < -0.4 is 16.4 Å². The average Bonchev–Trinajstić information content (AvgIpc) is 2.85. The van der Waals surface area contributed by atoms with Gasteiger partial charge in [0, 0.05) is 24.3 Å². The molecule has 1 aromatic heterocycles. The lowest BCUT2D eigenvalue weighted by atomic mass is 9.97. The number of amides is 2. The molecule has 2 amide bonds. The van der Waals surface area contributed by atoms with Crippen molar-refractivity contribution < 1.29 is 33.4 Å². The molecule has 2 aromatic rings. The van der Waals surface area contributed by atoms with Gasteiger partial charge in [-0.15, -0.1) is 11.8 Å². The topological polar surface area (TPSA) is 172 Å². The van der Waals surface area contributed by atoms with Crippen LogP contribution in [0.3, 0.4) is 0 Å². The van der Waals surface area contributed by atoms with E-state index >= 15 is 0 Å². The van der Waals surface area contributed by atoms with Crippen LogP contribution in [0.25, 0.3) is 11.3 Å². The van der Waals surface area contributed by atoms with E-state index in [-0.39, 0.29) is 31.2 Å². The fourth-order valence-electron chi connectivity index (χ4n) is 3.87. The second-order valence-electron chi connectivity index (χ2n) is 11.9. The monoisotopic (exact) mass is 617 g/mol. The number of benzene rings is 1. The standard InChI is InChI=1S/C30H43N5O7S/c1-17-14-18(2)20(25(37)41-29(3,4)5)15-19(17)22-16-24(35-27(31)33-22)43-13-11-23(36)32-12-10-21(26(38)40-9)34-28(39)42-30(6,7)8/h14-16,21H,10-13H2,1-9H3,(H,32,36)(H,34,39)(H2,31,33,35)/t21-/m0/s1. The van der Waals surface area contributed by atoms with Gasteiger partial charge in [0.05, 0.1) is 18.4 Å². The highest BCUT2D eigenvalue weighted by Crippen LogP contribution is 2.29. The molecule has 236 valence electrons. The largest absolute Gasteiger partial charge is 0.467 e. The minimum atomic E-state index is -0.974. The van der Waals surface area contributed by atoms with Crippen molar-refractivity contribution in [2.75, 3.05) is 25.1 Å². The molecule has 0 spiro atoms. The van der Waals surface area contributed by atoms with Gasteiger partial charge in [0.1, 0.15) is 22.3 Å². The van der Waals surface area contributed by atoms with Crippen molar-refractivity contribution in [1.29, 1.82) is 0 Å². The maximum absolute atomic E-state index is 12.8. The summed E-state index contributed by atoms with van der Waals surface area (Å²) >= 11 is 1.33. The van der Waals surface area contributed by atoms with Crippen molar-refractivity contribution >= 4 is 41.6 Å². The predicted octanol–water partition coefficient (Wildman–Crippen LogP) is 4.35. The van der Waals surface area contributed by atoms with Gasteiger partial charge in [-0.25, -0.2) is 24.4 Å². The summed E-state index contributed by atoms with van der Waals surface area (Å²) < 4.78 is 15.5. The summed E-state index contributed by atoms with van der Waals surface area (Å²) in [5.74, 6) is -0.849. The van der Waals surface area contributed by atoms with Gasteiger partial charge in [-0.1, -0.05) is 6.07 Å². The zero-order valence-electron chi connectivity index (χ0n) is 26.4. The molecule has 0 aliphatic carbocycles. The summed E-state index contributed by atoms with van der Waals surface area (Å²) in [6.07, 6.45) is -0.466. The van der Waals surface area contributed by atoms with Crippen LogP contribution in [0.1, 0.15) is 75.9 Å². The lowest BCUT2D eigenvalue weighted by Gasteiger charge is -2.22. The Labute approximate surface area is 257 Å². The number of hydrogen-bond acceptors (Lipinski definition) is 11. The first-order valence-corrected chi connectivity index (χ1v) is 14.8.